The van der Waals surface area contributed by atoms with Gasteiger partial charge in [-0.2, -0.15) is 0 Å². The van der Waals surface area contributed by atoms with Crippen molar-refractivity contribution in [2.75, 3.05) is 13.1 Å². The van der Waals surface area contributed by atoms with Crippen molar-refractivity contribution >= 4 is 0 Å². The second kappa shape index (κ2) is 6.10. The summed E-state index contributed by atoms with van der Waals surface area (Å²) in [6.45, 7) is 9.30. The molecule has 2 nitrogen and oxygen atoms in total. The number of benzene rings is 1. The van der Waals surface area contributed by atoms with Crippen molar-refractivity contribution < 1.29 is 0 Å². The molecule has 3 rings (SSSR count). The van der Waals surface area contributed by atoms with Crippen molar-refractivity contribution in [3.8, 4) is 0 Å². The molecule has 0 aromatic heterocycles. The van der Waals surface area contributed by atoms with E-state index in [0.717, 1.165) is 25.0 Å². The van der Waals surface area contributed by atoms with Crippen LogP contribution in [0.5, 0.6) is 0 Å². The molecule has 1 aromatic carbocycles. The molecule has 0 amide bonds. The van der Waals surface area contributed by atoms with Crippen molar-refractivity contribution in [2.24, 2.45) is 5.92 Å². The van der Waals surface area contributed by atoms with E-state index >= 15 is 0 Å². The molecule has 0 spiro atoms. The Morgan fingerprint density at radius 3 is 2.67 bits per heavy atom. The third kappa shape index (κ3) is 3.02. The molecule has 4 atom stereocenters. The van der Waals surface area contributed by atoms with Crippen molar-refractivity contribution in [3.63, 3.8) is 0 Å². The Balaban J connectivity index is 1.75. The van der Waals surface area contributed by atoms with Crippen molar-refractivity contribution in [3.05, 3.63) is 35.9 Å². The van der Waals surface area contributed by atoms with Gasteiger partial charge in [0.15, 0.2) is 0 Å². The molecule has 1 heterocycles. The monoisotopic (exact) mass is 286 g/mol. The van der Waals surface area contributed by atoms with Gasteiger partial charge in [0.25, 0.3) is 0 Å². The molecule has 21 heavy (non-hydrogen) atoms. The van der Waals surface area contributed by atoms with Crippen LogP contribution in [0.2, 0.25) is 0 Å². The number of rotatable bonds is 5. The van der Waals surface area contributed by atoms with Crippen LogP contribution in [-0.2, 0) is 5.54 Å². The summed E-state index contributed by atoms with van der Waals surface area (Å²) < 4.78 is 0. The Bertz CT molecular complexity index is 458. The van der Waals surface area contributed by atoms with Gasteiger partial charge in [-0.1, -0.05) is 50.6 Å². The SMILES string of the molecule is CCCC1CC1N1CC(C)(c2ccccc2)NCC1CC. The maximum absolute atomic E-state index is 3.83. The lowest BCUT2D eigenvalue weighted by Gasteiger charge is -2.47. The van der Waals surface area contributed by atoms with Crippen molar-refractivity contribution in [1.29, 1.82) is 0 Å². The lowest BCUT2D eigenvalue weighted by atomic mass is 9.87. The molecule has 2 fully saturated rings. The zero-order valence-electron chi connectivity index (χ0n) is 13.8. The molecule has 2 aliphatic rings. The predicted molar refractivity (Wildman–Crippen MR) is 89.4 cm³/mol. The first kappa shape index (κ1) is 15.1. The molecule has 116 valence electrons. The topological polar surface area (TPSA) is 15.3 Å². The van der Waals surface area contributed by atoms with Gasteiger partial charge in [-0.3, -0.25) is 4.90 Å². The summed E-state index contributed by atoms with van der Waals surface area (Å²) >= 11 is 0. The fourth-order valence-electron chi connectivity index (χ4n) is 4.10. The minimum atomic E-state index is 0.103. The highest BCUT2D eigenvalue weighted by atomic mass is 15.3. The molecule has 1 aliphatic carbocycles. The van der Waals surface area contributed by atoms with Crippen LogP contribution in [0.3, 0.4) is 0 Å². The second-order valence-corrected chi connectivity index (χ2v) is 7.17. The molecule has 1 saturated carbocycles. The largest absolute Gasteiger partial charge is 0.305 e. The second-order valence-electron chi connectivity index (χ2n) is 7.17. The van der Waals surface area contributed by atoms with E-state index in [1.165, 1.54) is 31.2 Å². The first-order chi connectivity index (χ1) is 10.2. The van der Waals surface area contributed by atoms with Gasteiger partial charge in [0, 0.05) is 25.2 Å². The average Bonchev–Trinajstić information content (AvgIpc) is 3.28. The molecular formula is C19H30N2. The molecule has 0 bridgehead atoms. The van der Waals surface area contributed by atoms with Crippen LogP contribution < -0.4 is 5.32 Å². The van der Waals surface area contributed by atoms with Gasteiger partial charge in [-0.25, -0.2) is 0 Å². The summed E-state index contributed by atoms with van der Waals surface area (Å²) in [6.07, 6.45) is 5.43. The molecule has 1 aromatic rings. The Morgan fingerprint density at radius 1 is 1.24 bits per heavy atom. The predicted octanol–water partition coefficient (Wildman–Crippen LogP) is 3.77. The van der Waals surface area contributed by atoms with E-state index in [9.17, 15) is 0 Å². The normalized spacial score (nSPS) is 36.6. The summed E-state index contributed by atoms with van der Waals surface area (Å²) in [5.74, 6) is 0.960. The van der Waals surface area contributed by atoms with Crippen LogP contribution in [0.25, 0.3) is 0 Å². The van der Waals surface area contributed by atoms with E-state index in [1.54, 1.807) is 0 Å². The van der Waals surface area contributed by atoms with Crippen molar-refractivity contribution in [1.82, 2.24) is 10.2 Å². The Hall–Kier alpha value is -0.860. The quantitative estimate of drug-likeness (QED) is 0.886. The standard InChI is InChI=1S/C19H30N2/c1-4-9-15-12-18(15)21-14-19(3,20-13-17(21)5-2)16-10-7-6-8-11-16/h6-8,10-11,15,17-18,20H,4-5,9,12-14H2,1-3H3. The van der Waals surface area contributed by atoms with Crippen LogP contribution in [-0.4, -0.2) is 30.1 Å². The van der Waals surface area contributed by atoms with Crippen LogP contribution in [0, 0.1) is 5.92 Å². The Morgan fingerprint density at radius 2 is 2.00 bits per heavy atom. The number of hydrogen-bond acceptors (Lipinski definition) is 2. The number of nitrogens with zero attached hydrogens (tertiary/aromatic N) is 1. The zero-order chi connectivity index (χ0) is 14.9. The molecule has 0 radical (unpaired) electrons. The first-order valence-electron chi connectivity index (χ1n) is 8.74. The van der Waals surface area contributed by atoms with E-state index in [-0.39, 0.29) is 5.54 Å². The maximum atomic E-state index is 3.83. The van der Waals surface area contributed by atoms with E-state index in [0.29, 0.717) is 6.04 Å². The van der Waals surface area contributed by atoms with E-state index < -0.39 is 0 Å². The highest BCUT2D eigenvalue weighted by Crippen LogP contribution is 2.43. The summed E-state index contributed by atoms with van der Waals surface area (Å²) in [5.41, 5.74) is 1.53. The fourth-order valence-corrected chi connectivity index (χ4v) is 4.10. The van der Waals surface area contributed by atoms with Gasteiger partial charge in [0.1, 0.15) is 0 Å². The number of piperazine rings is 1. The third-order valence-electron chi connectivity index (χ3n) is 5.55. The smallest absolute Gasteiger partial charge is 0.0535 e. The summed E-state index contributed by atoms with van der Waals surface area (Å²) in [6, 6.07) is 12.5. The third-order valence-corrected chi connectivity index (χ3v) is 5.55. The molecule has 1 saturated heterocycles. The lowest BCUT2D eigenvalue weighted by molar-refractivity contribution is 0.0707. The average molecular weight is 286 g/mol. The minimum Gasteiger partial charge on any atom is -0.305 e. The van der Waals surface area contributed by atoms with Gasteiger partial charge < -0.3 is 5.32 Å². The zero-order valence-corrected chi connectivity index (χ0v) is 13.8. The van der Waals surface area contributed by atoms with Gasteiger partial charge in [0.2, 0.25) is 0 Å². The fraction of sp³-hybridized carbons (Fsp3) is 0.684. The highest BCUT2D eigenvalue weighted by Gasteiger charge is 2.47. The molecule has 1 aliphatic heterocycles. The molecule has 1 N–H and O–H groups in total. The van der Waals surface area contributed by atoms with Crippen LogP contribution in [0.1, 0.15) is 52.0 Å². The van der Waals surface area contributed by atoms with Crippen molar-refractivity contribution in [2.45, 2.75) is 64.1 Å². The van der Waals surface area contributed by atoms with Crippen LogP contribution in [0.4, 0.5) is 0 Å². The number of nitrogens with one attached hydrogen (secondary N) is 1. The van der Waals surface area contributed by atoms with Crippen LogP contribution >= 0.6 is 0 Å². The van der Waals surface area contributed by atoms with E-state index in [2.05, 4.69) is 61.3 Å². The van der Waals surface area contributed by atoms with Gasteiger partial charge in [0.05, 0.1) is 5.54 Å². The molecule has 4 unspecified atom stereocenters. The number of hydrogen-bond donors (Lipinski definition) is 1. The summed E-state index contributed by atoms with van der Waals surface area (Å²) in [4.78, 5) is 2.82. The summed E-state index contributed by atoms with van der Waals surface area (Å²) in [5, 5.41) is 3.83. The molecular weight excluding hydrogens is 256 g/mol. The van der Waals surface area contributed by atoms with Gasteiger partial charge in [-0.05, 0) is 37.7 Å². The Kier molecular flexibility index (Phi) is 4.37. The van der Waals surface area contributed by atoms with Gasteiger partial charge >= 0.3 is 0 Å². The van der Waals surface area contributed by atoms with E-state index in [4.69, 9.17) is 0 Å². The Labute approximate surface area is 129 Å². The maximum Gasteiger partial charge on any atom is 0.0535 e. The lowest BCUT2D eigenvalue weighted by Crippen LogP contribution is -2.61. The van der Waals surface area contributed by atoms with E-state index in [1.807, 2.05) is 0 Å². The van der Waals surface area contributed by atoms with Gasteiger partial charge in [-0.15, -0.1) is 0 Å². The first-order valence-corrected chi connectivity index (χ1v) is 8.74. The molecule has 2 heteroatoms. The summed E-state index contributed by atoms with van der Waals surface area (Å²) in [7, 11) is 0. The highest BCUT2D eigenvalue weighted by molar-refractivity contribution is 5.25. The van der Waals surface area contributed by atoms with Crippen LogP contribution in [0.15, 0.2) is 30.3 Å². The minimum absolute atomic E-state index is 0.103.